The van der Waals surface area contributed by atoms with Crippen molar-refractivity contribution in [2.24, 2.45) is 0 Å². The summed E-state index contributed by atoms with van der Waals surface area (Å²) in [6.45, 7) is 2.96. The first-order chi connectivity index (χ1) is 15.9. The molecule has 1 saturated heterocycles. The Morgan fingerprint density at radius 1 is 0.939 bits per heavy atom. The topological polar surface area (TPSA) is 73.0 Å². The van der Waals surface area contributed by atoms with Crippen LogP contribution in [-0.2, 0) is 17.9 Å². The predicted molar refractivity (Wildman–Crippen MR) is 126 cm³/mol. The van der Waals surface area contributed by atoms with E-state index in [9.17, 15) is 14.4 Å². The molecule has 1 fully saturated rings. The van der Waals surface area contributed by atoms with E-state index in [4.69, 9.17) is 23.2 Å². The van der Waals surface area contributed by atoms with Gasteiger partial charge in [0.1, 0.15) is 0 Å². The predicted octanol–water partition coefficient (Wildman–Crippen LogP) is 4.10. The third-order valence-corrected chi connectivity index (χ3v) is 7.09. The van der Waals surface area contributed by atoms with Crippen molar-refractivity contribution in [3.8, 4) is 0 Å². The molecule has 1 N–H and O–H groups in total. The number of amides is 4. The smallest absolute Gasteiger partial charge is 0.295 e. The van der Waals surface area contributed by atoms with E-state index >= 15 is 0 Å². The van der Waals surface area contributed by atoms with Crippen molar-refractivity contribution >= 4 is 46.6 Å². The molecule has 0 radical (unpaired) electrons. The molecule has 0 aromatic heterocycles. The number of rotatable bonds is 4. The van der Waals surface area contributed by atoms with Crippen LogP contribution in [0.25, 0.3) is 5.57 Å². The van der Waals surface area contributed by atoms with Gasteiger partial charge >= 0.3 is 6.03 Å². The van der Waals surface area contributed by atoms with Crippen LogP contribution in [0.5, 0.6) is 0 Å². The minimum absolute atomic E-state index is 0.183. The summed E-state index contributed by atoms with van der Waals surface area (Å²) in [6.07, 6.45) is 3.25. The first-order valence-electron chi connectivity index (χ1n) is 10.8. The maximum Gasteiger partial charge on any atom is 0.342 e. The quantitative estimate of drug-likeness (QED) is 0.708. The van der Waals surface area contributed by atoms with Crippen molar-refractivity contribution in [3.05, 3.63) is 74.8 Å². The van der Waals surface area contributed by atoms with Gasteiger partial charge < -0.3 is 0 Å². The number of fused-ring (bicyclic) bond motifs is 1. The van der Waals surface area contributed by atoms with E-state index in [-0.39, 0.29) is 24.8 Å². The highest BCUT2D eigenvalue weighted by Gasteiger charge is 2.36. The molecule has 0 bridgehead atoms. The Bertz CT molecular complexity index is 1200. The van der Waals surface area contributed by atoms with E-state index in [0.717, 1.165) is 42.7 Å². The molecule has 0 aliphatic carbocycles. The minimum Gasteiger partial charge on any atom is -0.295 e. The Labute approximate surface area is 201 Å². The summed E-state index contributed by atoms with van der Waals surface area (Å²) in [5, 5.41) is 6.16. The summed E-state index contributed by atoms with van der Waals surface area (Å²) in [6, 6.07) is 11.0. The van der Waals surface area contributed by atoms with Crippen molar-refractivity contribution in [1.29, 1.82) is 0 Å². The summed E-state index contributed by atoms with van der Waals surface area (Å²) >= 11 is 12.5. The lowest BCUT2D eigenvalue weighted by atomic mass is 9.99. The molecule has 0 spiro atoms. The van der Waals surface area contributed by atoms with Gasteiger partial charge in [-0.1, -0.05) is 53.5 Å². The molecule has 0 saturated carbocycles. The van der Waals surface area contributed by atoms with Crippen LogP contribution in [0.15, 0.2) is 42.5 Å². The highest BCUT2D eigenvalue weighted by molar-refractivity contribution is 6.43. The van der Waals surface area contributed by atoms with Gasteiger partial charge in [0.05, 0.1) is 23.1 Å². The number of carbonyl (C=O) groups is 3. The van der Waals surface area contributed by atoms with Crippen molar-refractivity contribution in [3.63, 3.8) is 0 Å². The zero-order valence-electron chi connectivity index (χ0n) is 17.8. The lowest BCUT2D eigenvalue weighted by molar-refractivity contribution is -0.123. The second kappa shape index (κ2) is 8.82. The summed E-state index contributed by atoms with van der Waals surface area (Å²) in [5.41, 5.74) is 4.79. The van der Waals surface area contributed by atoms with Gasteiger partial charge in [-0.3, -0.25) is 19.8 Å². The number of imide groups is 1. The Morgan fingerprint density at radius 2 is 1.79 bits per heavy atom. The molecule has 2 aromatic rings. The summed E-state index contributed by atoms with van der Waals surface area (Å²) in [4.78, 5) is 38.7. The molecular weight excluding hydrogens is 463 g/mol. The van der Waals surface area contributed by atoms with Crippen LogP contribution in [0.2, 0.25) is 10.0 Å². The number of benzene rings is 2. The monoisotopic (exact) mass is 484 g/mol. The fourth-order valence-corrected chi connectivity index (χ4v) is 4.97. The second-order valence-corrected chi connectivity index (χ2v) is 9.18. The zero-order valence-corrected chi connectivity index (χ0v) is 19.3. The van der Waals surface area contributed by atoms with Crippen LogP contribution in [0, 0.1) is 0 Å². The number of hydrogen-bond donors (Lipinski definition) is 1. The maximum absolute atomic E-state index is 12.8. The molecule has 0 atom stereocenters. The van der Waals surface area contributed by atoms with Crippen LogP contribution >= 0.6 is 23.2 Å². The standard InChI is InChI=1S/C24H22Cl2N4O3/c25-20-3-1-2-18(22(20)26)16-6-9-28(10-7-16)13-15-4-5-19-17(12-15)14-30(23(19)32)29-11-8-21(31)27-24(29)33/h1-6,12H,7-11,13-14H2,(H,27,31,33). The molecule has 9 heteroatoms. The van der Waals surface area contributed by atoms with E-state index < -0.39 is 6.03 Å². The Balaban J connectivity index is 1.26. The number of nitrogens with one attached hydrogen (secondary N) is 1. The van der Waals surface area contributed by atoms with Gasteiger partial charge in [0.15, 0.2) is 0 Å². The largest absolute Gasteiger partial charge is 0.342 e. The number of hydrogen-bond acceptors (Lipinski definition) is 4. The third kappa shape index (κ3) is 4.24. The van der Waals surface area contributed by atoms with Crippen molar-refractivity contribution in [2.75, 3.05) is 19.6 Å². The van der Waals surface area contributed by atoms with Gasteiger partial charge in [0.2, 0.25) is 5.91 Å². The Hall–Kier alpha value is -2.87. The van der Waals surface area contributed by atoms with Crippen molar-refractivity contribution < 1.29 is 14.4 Å². The SMILES string of the molecule is O=C1CCN(N2Cc3cc(CN4CC=C(c5cccc(Cl)c5Cl)CC4)ccc3C2=O)C(=O)N1. The van der Waals surface area contributed by atoms with Crippen LogP contribution in [0.1, 0.15) is 39.9 Å². The number of nitrogens with zero attached hydrogens (tertiary/aromatic N) is 3. The maximum atomic E-state index is 12.8. The van der Waals surface area contributed by atoms with E-state index in [2.05, 4.69) is 16.3 Å². The molecule has 7 nitrogen and oxygen atoms in total. The molecule has 33 heavy (non-hydrogen) atoms. The molecule has 5 rings (SSSR count). The number of carbonyl (C=O) groups excluding carboxylic acids is 3. The van der Waals surface area contributed by atoms with Gasteiger partial charge in [0, 0.05) is 31.6 Å². The highest BCUT2D eigenvalue weighted by atomic mass is 35.5. The first-order valence-corrected chi connectivity index (χ1v) is 11.6. The summed E-state index contributed by atoms with van der Waals surface area (Å²) in [5.74, 6) is -0.538. The van der Waals surface area contributed by atoms with Crippen molar-refractivity contribution in [2.45, 2.75) is 25.9 Å². The van der Waals surface area contributed by atoms with Gasteiger partial charge in [-0.05, 0) is 40.8 Å². The second-order valence-electron chi connectivity index (χ2n) is 8.40. The zero-order chi connectivity index (χ0) is 23.1. The van der Waals surface area contributed by atoms with E-state index in [0.29, 0.717) is 22.2 Å². The van der Waals surface area contributed by atoms with E-state index in [1.807, 2.05) is 30.3 Å². The van der Waals surface area contributed by atoms with Crippen LogP contribution in [0.3, 0.4) is 0 Å². The van der Waals surface area contributed by atoms with Gasteiger partial charge in [-0.15, -0.1) is 0 Å². The average molecular weight is 485 g/mol. The normalized spacial score (nSPS) is 19.0. The average Bonchev–Trinajstić information content (AvgIpc) is 3.12. The molecule has 3 aliphatic rings. The van der Waals surface area contributed by atoms with E-state index in [1.165, 1.54) is 15.6 Å². The molecule has 2 aromatic carbocycles. The first kappa shape index (κ1) is 21.9. The lowest BCUT2D eigenvalue weighted by Crippen LogP contribution is -2.56. The Kier molecular flexibility index (Phi) is 5.86. The molecule has 4 amide bonds. The molecule has 170 valence electrons. The fraction of sp³-hybridized carbons (Fsp3) is 0.292. The molecule has 3 heterocycles. The van der Waals surface area contributed by atoms with Gasteiger partial charge in [-0.25, -0.2) is 14.8 Å². The van der Waals surface area contributed by atoms with Gasteiger partial charge in [0.25, 0.3) is 5.91 Å². The molecule has 0 unspecified atom stereocenters. The van der Waals surface area contributed by atoms with Crippen LogP contribution < -0.4 is 5.32 Å². The lowest BCUT2D eigenvalue weighted by Gasteiger charge is -2.33. The van der Waals surface area contributed by atoms with Crippen LogP contribution in [-0.4, -0.2) is 52.4 Å². The highest BCUT2D eigenvalue weighted by Crippen LogP contribution is 2.34. The number of hydrazine groups is 1. The summed E-state index contributed by atoms with van der Waals surface area (Å²) in [7, 11) is 0. The Morgan fingerprint density at radius 3 is 2.55 bits per heavy atom. The third-order valence-electron chi connectivity index (χ3n) is 6.27. The fourth-order valence-electron chi connectivity index (χ4n) is 4.55. The van der Waals surface area contributed by atoms with Crippen LogP contribution in [0.4, 0.5) is 4.79 Å². The van der Waals surface area contributed by atoms with E-state index in [1.54, 1.807) is 6.07 Å². The van der Waals surface area contributed by atoms with Gasteiger partial charge in [-0.2, -0.15) is 0 Å². The molecular formula is C24H22Cl2N4O3. The molecule has 3 aliphatic heterocycles. The van der Waals surface area contributed by atoms with Crippen molar-refractivity contribution in [1.82, 2.24) is 20.2 Å². The minimum atomic E-state index is -0.552. The number of halogens is 2. The number of urea groups is 1. The summed E-state index contributed by atoms with van der Waals surface area (Å²) < 4.78 is 0.